The highest BCUT2D eigenvalue weighted by Crippen LogP contribution is 2.43. The molecule has 0 spiro atoms. The summed E-state index contributed by atoms with van der Waals surface area (Å²) in [5, 5.41) is 0. The number of nitrogens with zero attached hydrogens (tertiary/aromatic N) is 1. The highest BCUT2D eigenvalue weighted by atomic mass is 31.2. The van der Waals surface area contributed by atoms with Crippen LogP contribution in [0.25, 0.3) is 0 Å². The standard InChI is InChI=1S/C23H48NO7P/c1-6-8-10-11-12-13-15-18-28-20-22(31-23(25)16-14-9-7-2)21-30-32(26,27)29-19-17-24(3,4)5/h22H,6-21H2,1-5H3/p+1. The third-order valence-corrected chi connectivity index (χ3v) is 5.90. The van der Waals surface area contributed by atoms with E-state index in [1.54, 1.807) is 0 Å². The van der Waals surface area contributed by atoms with Gasteiger partial charge in [0.1, 0.15) is 19.3 Å². The predicted molar refractivity (Wildman–Crippen MR) is 127 cm³/mol. The van der Waals surface area contributed by atoms with Gasteiger partial charge in [-0.05, 0) is 12.8 Å². The fourth-order valence-electron chi connectivity index (χ4n) is 2.90. The quantitative estimate of drug-likeness (QED) is 0.0995. The van der Waals surface area contributed by atoms with Gasteiger partial charge in [0.25, 0.3) is 0 Å². The Balaban J connectivity index is 4.38. The molecule has 0 aromatic rings. The number of esters is 1. The molecule has 8 nitrogen and oxygen atoms in total. The smallest absolute Gasteiger partial charge is 0.457 e. The van der Waals surface area contributed by atoms with Crippen molar-refractivity contribution in [1.29, 1.82) is 0 Å². The molecule has 0 saturated heterocycles. The molecular formula is C23H49NO7P+. The van der Waals surface area contributed by atoms with Crippen molar-refractivity contribution in [3.63, 3.8) is 0 Å². The molecule has 0 heterocycles. The zero-order chi connectivity index (χ0) is 24.3. The van der Waals surface area contributed by atoms with E-state index in [9.17, 15) is 14.3 Å². The number of unbranched alkanes of at least 4 members (excludes halogenated alkanes) is 8. The maximum atomic E-state index is 12.1. The van der Waals surface area contributed by atoms with E-state index in [1.165, 1.54) is 32.1 Å². The van der Waals surface area contributed by atoms with Crippen molar-refractivity contribution in [2.75, 3.05) is 54.1 Å². The van der Waals surface area contributed by atoms with Crippen molar-refractivity contribution >= 4 is 13.8 Å². The normalized spacial score (nSPS) is 14.8. The van der Waals surface area contributed by atoms with E-state index in [0.717, 1.165) is 32.1 Å². The molecule has 32 heavy (non-hydrogen) atoms. The molecule has 0 aromatic heterocycles. The predicted octanol–water partition coefficient (Wildman–Crippen LogP) is 5.09. The van der Waals surface area contributed by atoms with E-state index >= 15 is 0 Å². The molecule has 0 aliphatic rings. The Kier molecular flexibility index (Phi) is 18.6. The Morgan fingerprint density at radius 1 is 0.844 bits per heavy atom. The van der Waals surface area contributed by atoms with Crippen LogP contribution in [-0.4, -0.2) is 75.6 Å². The van der Waals surface area contributed by atoms with Crippen molar-refractivity contribution in [2.45, 2.75) is 90.6 Å². The molecule has 0 saturated carbocycles. The van der Waals surface area contributed by atoms with Gasteiger partial charge in [-0.25, -0.2) is 4.57 Å². The third-order valence-electron chi connectivity index (χ3n) is 4.92. The van der Waals surface area contributed by atoms with Crippen LogP contribution in [0, 0.1) is 0 Å². The van der Waals surface area contributed by atoms with Crippen LogP contribution in [-0.2, 0) is 27.9 Å². The van der Waals surface area contributed by atoms with Crippen LogP contribution >= 0.6 is 7.82 Å². The Hall–Kier alpha value is -0.500. The molecule has 192 valence electrons. The Morgan fingerprint density at radius 2 is 1.44 bits per heavy atom. The minimum absolute atomic E-state index is 0.0908. The summed E-state index contributed by atoms with van der Waals surface area (Å²) in [6.07, 6.45) is 10.6. The third kappa shape index (κ3) is 21.4. The van der Waals surface area contributed by atoms with Crippen molar-refractivity contribution in [1.82, 2.24) is 0 Å². The fourth-order valence-corrected chi connectivity index (χ4v) is 3.64. The van der Waals surface area contributed by atoms with Gasteiger partial charge in [0.2, 0.25) is 0 Å². The number of ether oxygens (including phenoxy) is 2. The molecule has 0 aliphatic carbocycles. The summed E-state index contributed by atoms with van der Waals surface area (Å²) in [5.41, 5.74) is 0. The summed E-state index contributed by atoms with van der Waals surface area (Å²) < 4.78 is 34.0. The number of carbonyl (C=O) groups excluding carboxylic acids is 1. The van der Waals surface area contributed by atoms with Crippen LogP contribution in [0.4, 0.5) is 0 Å². The Labute approximate surface area is 196 Å². The first-order chi connectivity index (χ1) is 15.1. The summed E-state index contributed by atoms with van der Waals surface area (Å²) in [5.74, 6) is -0.342. The lowest BCUT2D eigenvalue weighted by Crippen LogP contribution is -2.37. The van der Waals surface area contributed by atoms with Crippen molar-refractivity contribution in [3.8, 4) is 0 Å². The maximum Gasteiger partial charge on any atom is 0.472 e. The molecule has 0 rings (SSSR count). The van der Waals surface area contributed by atoms with Crippen LogP contribution in [0.3, 0.4) is 0 Å². The first-order valence-electron chi connectivity index (χ1n) is 12.3. The van der Waals surface area contributed by atoms with Gasteiger partial charge in [0, 0.05) is 13.0 Å². The fraction of sp³-hybridized carbons (Fsp3) is 0.957. The summed E-state index contributed by atoms with van der Waals surface area (Å²) in [7, 11) is 1.66. The second-order valence-corrected chi connectivity index (χ2v) is 10.8. The monoisotopic (exact) mass is 482 g/mol. The van der Waals surface area contributed by atoms with Gasteiger partial charge in [-0.1, -0.05) is 65.2 Å². The lowest BCUT2D eigenvalue weighted by atomic mass is 10.1. The lowest BCUT2D eigenvalue weighted by molar-refractivity contribution is -0.870. The summed E-state index contributed by atoms with van der Waals surface area (Å²) >= 11 is 0. The number of quaternary nitrogens is 1. The zero-order valence-electron chi connectivity index (χ0n) is 21.2. The van der Waals surface area contributed by atoms with E-state index in [1.807, 2.05) is 21.1 Å². The van der Waals surface area contributed by atoms with E-state index < -0.39 is 13.9 Å². The molecule has 1 N–H and O–H groups in total. The minimum Gasteiger partial charge on any atom is -0.457 e. The number of phosphoric acid groups is 1. The van der Waals surface area contributed by atoms with E-state index in [4.69, 9.17) is 18.5 Å². The second kappa shape index (κ2) is 18.9. The number of likely N-dealkylation sites (N-methyl/N-ethyl adjacent to an activating group) is 1. The summed E-state index contributed by atoms with van der Waals surface area (Å²) in [6.45, 7) is 5.38. The molecule has 0 amide bonds. The van der Waals surface area contributed by atoms with E-state index in [2.05, 4.69) is 13.8 Å². The summed E-state index contributed by atoms with van der Waals surface area (Å²) in [4.78, 5) is 22.0. The van der Waals surface area contributed by atoms with Gasteiger partial charge in [0.15, 0.2) is 0 Å². The van der Waals surface area contributed by atoms with Crippen LogP contribution in [0.15, 0.2) is 0 Å². The SMILES string of the molecule is CCCCCCCCCOCC(COP(=O)(O)OCC[N+](C)(C)C)OC(=O)CCCCC. The molecule has 0 bridgehead atoms. The molecule has 2 atom stereocenters. The van der Waals surface area contributed by atoms with Gasteiger partial charge >= 0.3 is 13.8 Å². The minimum atomic E-state index is -4.22. The molecule has 0 radical (unpaired) electrons. The first-order valence-corrected chi connectivity index (χ1v) is 13.8. The lowest BCUT2D eigenvalue weighted by Gasteiger charge is -2.24. The molecule has 2 unspecified atom stereocenters. The van der Waals surface area contributed by atoms with Crippen molar-refractivity contribution < 1.29 is 37.3 Å². The van der Waals surface area contributed by atoms with Gasteiger partial charge in [0.05, 0.1) is 34.4 Å². The highest BCUT2D eigenvalue weighted by molar-refractivity contribution is 7.47. The van der Waals surface area contributed by atoms with Crippen molar-refractivity contribution in [2.24, 2.45) is 0 Å². The van der Waals surface area contributed by atoms with Crippen LogP contribution in [0.1, 0.15) is 84.5 Å². The molecule has 0 aromatic carbocycles. The van der Waals surface area contributed by atoms with Crippen LogP contribution in [0.5, 0.6) is 0 Å². The Morgan fingerprint density at radius 3 is 2.06 bits per heavy atom. The Bertz CT molecular complexity index is 511. The van der Waals surface area contributed by atoms with Gasteiger partial charge in [-0.2, -0.15) is 0 Å². The number of carbonyl (C=O) groups is 1. The number of hydrogen-bond donors (Lipinski definition) is 1. The van der Waals surface area contributed by atoms with Crippen LogP contribution < -0.4 is 0 Å². The zero-order valence-corrected chi connectivity index (χ0v) is 22.1. The first kappa shape index (κ1) is 31.5. The number of hydrogen-bond acceptors (Lipinski definition) is 6. The average Bonchev–Trinajstić information content (AvgIpc) is 2.69. The van der Waals surface area contributed by atoms with Crippen LogP contribution in [0.2, 0.25) is 0 Å². The number of phosphoric ester groups is 1. The van der Waals surface area contributed by atoms with Gasteiger partial charge in [-0.15, -0.1) is 0 Å². The molecule has 0 aliphatic heterocycles. The molecule has 0 fully saturated rings. The van der Waals surface area contributed by atoms with Gasteiger partial charge in [-0.3, -0.25) is 13.8 Å². The maximum absolute atomic E-state index is 12.1. The molecule has 9 heteroatoms. The summed E-state index contributed by atoms with van der Waals surface area (Å²) in [6, 6.07) is 0. The second-order valence-electron chi connectivity index (χ2n) is 9.38. The molecular weight excluding hydrogens is 433 g/mol. The van der Waals surface area contributed by atoms with E-state index in [0.29, 0.717) is 24.1 Å². The average molecular weight is 483 g/mol. The van der Waals surface area contributed by atoms with Gasteiger partial charge < -0.3 is 18.9 Å². The van der Waals surface area contributed by atoms with E-state index in [-0.39, 0.29) is 25.8 Å². The number of rotatable bonds is 22. The topological polar surface area (TPSA) is 91.3 Å². The van der Waals surface area contributed by atoms with Crippen molar-refractivity contribution in [3.05, 3.63) is 0 Å². The largest absolute Gasteiger partial charge is 0.472 e. The highest BCUT2D eigenvalue weighted by Gasteiger charge is 2.26.